The highest BCUT2D eigenvalue weighted by Crippen LogP contribution is 2.26. The largest absolute Gasteiger partial charge is 0.488 e. The molecule has 0 unspecified atom stereocenters. The number of hydrogen-bond acceptors (Lipinski definition) is 12. The Morgan fingerprint density at radius 2 is 1.20 bits per heavy atom. The van der Waals surface area contributed by atoms with Crippen LogP contribution in [0.15, 0.2) is 78.0 Å². The minimum Gasteiger partial charge on any atom is -0.488 e. The summed E-state index contributed by atoms with van der Waals surface area (Å²) >= 11 is 9.53. The van der Waals surface area contributed by atoms with Gasteiger partial charge in [-0.15, -0.1) is 23.2 Å². The van der Waals surface area contributed by atoms with Gasteiger partial charge in [-0.1, -0.05) is 14.9 Å². The van der Waals surface area contributed by atoms with E-state index in [0.717, 1.165) is 37.1 Å². The summed E-state index contributed by atoms with van der Waals surface area (Å²) in [5.74, 6) is -0.328. The zero-order valence-corrected chi connectivity index (χ0v) is 40.5. The Kier molecular flexibility index (Phi) is 26.1. The lowest BCUT2D eigenvalue weighted by molar-refractivity contribution is 0.00710. The number of benzene rings is 2. The van der Waals surface area contributed by atoms with E-state index in [1.54, 1.807) is 46.2 Å². The minimum atomic E-state index is -0.580. The third kappa shape index (κ3) is 24.6. The van der Waals surface area contributed by atoms with Crippen molar-refractivity contribution in [3.05, 3.63) is 96.1 Å². The summed E-state index contributed by atoms with van der Waals surface area (Å²) in [7, 11) is 0. The third-order valence-electron chi connectivity index (χ3n) is 8.93. The molecule has 69 heavy (non-hydrogen) atoms. The smallest absolute Gasteiger partial charge is 0.410 e. The number of alkyl halides is 2. The number of urea groups is 1. The Hall–Kier alpha value is -6.23. The van der Waals surface area contributed by atoms with Crippen molar-refractivity contribution in [2.75, 3.05) is 47.9 Å². The molecule has 20 heteroatoms. The van der Waals surface area contributed by atoms with Crippen LogP contribution >= 0.6 is 23.2 Å². The van der Waals surface area contributed by atoms with Crippen LogP contribution in [0.4, 0.5) is 45.9 Å². The lowest BCUT2D eigenvalue weighted by Crippen LogP contribution is -2.46. The number of halogens is 4. The fraction of sp³-hybridized carbons (Fsp3) is 0.469. The Labute approximate surface area is 415 Å². The van der Waals surface area contributed by atoms with Crippen molar-refractivity contribution in [2.45, 2.75) is 119 Å². The van der Waals surface area contributed by atoms with E-state index in [1.807, 2.05) is 55.4 Å². The third-order valence-corrected chi connectivity index (χ3v) is 8.93. The molecule has 2 fully saturated rings. The van der Waals surface area contributed by atoms with E-state index in [9.17, 15) is 28.0 Å². The van der Waals surface area contributed by atoms with Gasteiger partial charge in [-0.2, -0.15) is 4.99 Å². The number of nitrogens with one attached hydrogen (secondary N) is 2. The van der Waals surface area contributed by atoms with Crippen molar-refractivity contribution < 1.29 is 46.9 Å². The molecule has 2 aromatic heterocycles. The standard InChI is InChI=1S/C23H29FN4O4.C16H23FN2O3.C7H6N2O.CH2Cl2.2CH4/c1-15-7-8-17(13-25-15)26-21(29)27-18-10-16(24)11-20(12-18)31-19-6-5-9-28(14-19)22(30)32-23(2,3)4;1-16(2,3)22-15(20)19-6-4-5-13(10-19)21-14-8-11(17)7-12(18)9-14;1-6-2-3-7(4-8-6)9-5-10;2-1-3;;/h7-8,10-13,19H,5-6,9,14H2,1-4H3,(H2,26,27,29);7-9,13H,4-6,10,18H2,1-3H3;2-4H,1H3;1H2;2*1H4/t19-;13-;;;;/m00..../s1. The van der Waals surface area contributed by atoms with Crippen molar-refractivity contribution in [1.29, 1.82) is 0 Å². The molecule has 2 aromatic carbocycles. The number of piperidine rings is 2. The van der Waals surface area contributed by atoms with Crippen LogP contribution in [0.3, 0.4) is 0 Å². The van der Waals surface area contributed by atoms with Gasteiger partial charge in [0.1, 0.15) is 46.5 Å². The van der Waals surface area contributed by atoms with E-state index in [0.29, 0.717) is 49.0 Å². The second-order valence-electron chi connectivity index (χ2n) is 17.2. The molecule has 2 aliphatic heterocycles. The average molecular weight is 1010 g/mol. The molecule has 0 aliphatic carbocycles. The fourth-order valence-corrected chi connectivity index (χ4v) is 6.21. The number of aryl methyl sites for hydroxylation is 2. The maximum absolute atomic E-state index is 14.1. The van der Waals surface area contributed by atoms with Crippen molar-refractivity contribution in [2.24, 2.45) is 4.99 Å². The zero-order valence-electron chi connectivity index (χ0n) is 39.0. The number of aliphatic imine (C=N–C) groups is 1. The van der Waals surface area contributed by atoms with Gasteiger partial charge < -0.3 is 45.1 Å². The van der Waals surface area contributed by atoms with Crippen molar-refractivity contribution in [3.63, 3.8) is 0 Å². The maximum Gasteiger partial charge on any atom is 0.410 e. The number of likely N-dealkylation sites (tertiary alicyclic amines) is 2. The first-order valence-corrected chi connectivity index (χ1v) is 22.4. The second kappa shape index (κ2) is 29.6. The second-order valence-corrected chi connectivity index (χ2v) is 18.1. The SMILES string of the molecule is C.C.CC(C)(C)OC(=O)N1CCC[C@H](Oc2cc(N)cc(F)c2)C1.Cc1ccc(N=C=O)cn1.Cc1ccc(NC(=O)Nc2cc(F)cc(O[C@H]3CCCN(C(=O)OC(C)(C)C)C3)c2)cn1.ClCCl. The number of hydrogen-bond donors (Lipinski definition) is 3. The van der Waals surface area contributed by atoms with Gasteiger partial charge in [0.15, 0.2) is 0 Å². The Morgan fingerprint density at radius 3 is 1.64 bits per heavy atom. The fourth-order valence-electron chi connectivity index (χ4n) is 6.21. The van der Waals surface area contributed by atoms with Crippen LogP contribution in [-0.2, 0) is 14.3 Å². The molecular formula is C49H68Cl2F2N8O8. The van der Waals surface area contributed by atoms with Crippen LogP contribution in [0, 0.1) is 25.5 Å². The normalized spacial score (nSPS) is 15.1. The molecule has 0 bridgehead atoms. The zero-order chi connectivity index (χ0) is 49.7. The summed E-state index contributed by atoms with van der Waals surface area (Å²) in [6.07, 6.45) is 6.35. The van der Waals surface area contributed by atoms with Crippen molar-refractivity contribution >= 4 is 70.2 Å². The van der Waals surface area contributed by atoms with E-state index in [2.05, 4.69) is 25.6 Å². The summed E-state index contributed by atoms with van der Waals surface area (Å²) in [6.45, 7) is 16.6. The molecule has 2 aliphatic rings. The van der Waals surface area contributed by atoms with Gasteiger partial charge in [0.25, 0.3) is 0 Å². The summed E-state index contributed by atoms with van der Waals surface area (Å²) < 4.78 is 50.0. The molecule has 2 atom stereocenters. The maximum atomic E-state index is 14.1. The predicted molar refractivity (Wildman–Crippen MR) is 269 cm³/mol. The van der Waals surface area contributed by atoms with Crippen LogP contribution in [0.25, 0.3) is 0 Å². The number of pyridine rings is 2. The summed E-state index contributed by atoms with van der Waals surface area (Å²) in [4.78, 5) is 61.0. The van der Waals surface area contributed by atoms with E-state index in [1.165, 1.54) is 42.7 Å². The number of anilines is 3. The van der Waals surface area contributed by atoms with E-state index >= 15 is 0 Å². The van der Waals surface area contributed by atoms with Gasteiger partial charge in [0, 0.05) is 60.1 Å². The first kappa shape index (κ1) is 60.8. The molecule has 2 saturated heterocycles. The van der Waals surface area contributed by atoms with Crippen molar-refractivity contribution in [3.8, 4) is 11.5 Å². The number of isocyanates is 1. The molecule has 0 saturated carbocycles. The molecular weight excluding hydrogens is 937 g/mol. The number of nitrogens with two attached hydrogens (primary N) is 1. The summed E-state index contributed by atoms with van der Waals surface area (Å²) in [5, 5.41) is 5.43. The van der Waals surface area contributed by atoms with E-state index < -0.39 is 35.0 Å². The molecule has 380 valence electrons. The van der Waals surface area contributed by atoms with Crippen LogP contribution in [-0.4, -0.2) is 99.0 Å². The number of rotatable bonds is 7. The minimum absolute atomic E-state index is 0. The summed E-state index contributed by atoms with van der Waals surface area (Å²) in [6, 6.07) is 14.6. The molecule has 0 radical (unpaired) electrons. The number of ether oxygens (including phenoxy) is 4. The van der Waals surface area contributed by atoms with Crippen LogP contribution < -0.4 is 25.8 Å². The average Bonchev–Trinajstić information content (AvgIpc) is 3.22. The van der Waals surface area contributed by atoms with Crippen molar-refractivity contribution in [1.82, 2.24) is 19.8 Å². The first-order chi connectivity index (χ1) is 31.5. The lowest BCUT2D eigenvalue weighted by atomic mass is 10.1. The van der Waals surface area contributed by atoms with Gasteiger partial charge >= 0.3 is 18.2 Å². The highest BCUT2D eigenvalue weighted by atomic mass is 35.5. The molecule has 16 nitrogen and oxygen atoms in total. The van der Waals surface area contributed by atoms with E-state index in [4.69, 9.17) is 47.9 Å². The Bertz CT molecular complexity index is 2240. The lowest BCUT2D eigenvalue weighted by Gasteiger charge is -2.34. The number of nitrogens with zero attached hydrogens (tertiary/aromatic N) is 5. The summed E-state index contributed by atoms with van der Waals surface area (Å²) in [5.41, 5.74) is 7.86. The monoisotopic (exact) mass is 1000 g/mol. The number of carbonyl (C=O) groups excluding carboxylic acids is 4. The highest BCUT2D eigenvalue weighted by Gasteiger charge is 2.30. The quantitative estimate of drug-likeness (QED) is 0.0688. The molecule has 4 heterocycles. The molecule has 4 amide bonds. The molecule has 0 spiro atoms. The Balaban J connectivity index is 0.000000555. The van der Waals surface area contributed by atoms with Gasteiger partial charge in [-0.3, -0.25) is 9.97 Å². The molecule has 4 aromatic rings. The van der Waals surface area contributed by atoms with Gasteiger partial charge in [-0.05, 0) is 117 Å². The van der Waals surface area contributed by atoms with Crippen LogP contribution in [0.1, 0.15) is 93.5 Å². The predicted octanol–water partition coefficient (Wildman–Crippen LogP) is 12.2. The van der Waals surface area contributed by atoms with Crippen LogP contribution in [0.5, 0.6) is 11.5 Å². The Morgan fingerprint density at radius 1 is 0.739 bits per heavy atom. The number of carbonyl (C=O) groups is 3. The number of aromatic nitrogens is 2. The number of amides is 4. The first-order valence-electron chi connectivity index (χ1n) is 21.3. The van der Waals surface area contributed by atoms with Crippen LogP contribution in [0.2, 0.25) is 0 Å². The highest BCUT2D eigenvalue weighted by molar-refractivity contribution is 6.40. The van der Waals surface area contributed by atoms with Gasteiger partial charge in [-0.25, -0.2) is 28.0 Å². The molecule has 6 rings (SSSR count). The van der Waals surface area contributed by atoms with Gasteiger partial charge in [0.05, 0.1) is 42.2 Å². The molecule has 4 N–H and O–H groups in total. The topological polar surface area (TPSA) is 200 Å². The number of nitrogen functional groups attached to an aromatic ring is 1. The van der Waals surface area contributed by atoms with Gasteiger partial charge in [0.2, 0.25) is 6.08 Å². The van der Waals surface area contributed by atoms with E-state index in [-0.39, 0.29) is 49.9 Å².